The number of hydrogen-bond acceptors (Lipinski definition) is 2. The maximum absolute atomic E-state index is 12.9. The summed E-state index contributed by atoms with van der Waals surface area (Å²) in [7, 11) is 0. The number of rotatable bonds is 2. The molecular formula is C14H11F3OS. The van der Waals surface area contributed by atoms with Gasteiger partial charge in [0.25, 0.3) is 0 Å². The van der Waals surface area contributed by atoms with Crippen LogP contribution in [0.1, 0.15) is 31.2 Å². The molecule has 1 aromatic carbocycles. The molecule has 1 heterocycles. The first-order valence-corrected chi connectivity index (χ1v) is 6.40. The molecule has 19 heavy (non-hydrogen) atoms. The number of aryl methyl sites for hydroxylation is 2. The van der Waals surface area contributed by atoms with Crippen molar-refractivity contribution in [2.24, 2.45) is 0 Å². The topological polar surface area (TPSA) is 17.1 Å². The predicted octanol–water partition coefficient (Wildman–Crippen LogP) is 4.61. The molecule has 0 bridgehead atoms. The highest BCUT2D eigenvalue weighted by Crippen LogP contribution is 2.34. The van der Waals surface area contributed by atoms with Crippen LogP contribution in [0, 0.1) is 13.8 Å². The van der Waals surface area contributed by atoms with Crippen LogP contribution in [-0.4, -0.2) is 5.78 Å². The Morgan fingerprint density at radius 2 is 1.74 bits per heavy atom. The number of carbonyl (C=O) groups excluding carboxylic acids is 1. The number of benzene rings is 1. The van der Waals surface area contributed by atoms with E-state index in [9.17, 15) is 18.0 Å². The van der Waals surface area contributed by atoms with E-state index in [1.165, 1.54) is 29.5 Å². The lowest BCUT2D eigenvalue weighted by Gasteiger charge is -2.11. The minimum absolute atomic E-state index is 0.295. The quantitative estimate of drug-likeness (QED) is 0.736. The smallest absolute Gasteiger partial charge is 0.289 e. The molecule has 0 amide bonds. The summed E-state index contributed by atoms with van der Waals surface area (Å²) in [5, 5.41) is 0. The van der Waals surface area contributed by atoms with Crippen LogP contribution in [0.15, 0.2) is 30.3 Å². The highest BCUT2D eigenvalue weighted by molar-refractivity contribution is 7.12. The van der Waals surface area contributed by atoms with Gasteiger partial charge in [-0.2, -0.15) is 13.2 Å². The van der Waals surface area contributed by atoms with E-state index in [0.29, 0.717) is 5.56 Å². The summed E-state index contributed by atoms with van der Waals surface area (Å²) in [5.74, 6) is -0.574. The number of halogens is 3. The van der Waals surface area contributed by atoms with Crippen molar-refractivity contribution in [1.29, 1.82) is 0 Å². The Labute approximate surface area is 112 Å². The van der Waals surface area contributed by atoms with Crippen LogP contribution in [0.2, 0.25) is 0 Å². The Balaban J connectivity index is 2.54. The van der Waals surface area contributed by atoms with Gasteiger partial charge in [-0.05, 0) is 26.0 Å². The van der Waals surface area contributed by atoms with Crippen LogP contribution in [0.5, 0.6) is 0 Å². The van der Waals surface area contributed by atoms with Gasteiger partial charge in [0.1, 0.15) is 0 Å². The minimum Gasteiger partial charge on any atom is -0.289 e. The van der Waals surface area contributed by atoms with Crippen molar-refractivity contribution in [3.05, 3.63) is 56.8 Å². The average molecular weight is 284 g/mol. The van der Waals surface area contributed by atoms with Crippen LogP contribution >= 0.6 is 11.3 Å². The third-order valence-corrected chi connectivity index (χ3v) is 3.73. The molecule has 5 heteroatoms. The van der Waals surface area contributed by atoms with Crippen LogP contribution in [0.3, 0.4) is 0 Å². The molecule has 0 aliphatic carbocycles. The van der Waals surface area contributed by atoms with Gasteiger partial charge < -0.3 is 0 Å². The van der Waals surface area contributed by atoms with Crippen molar-refractivity contribution in [2.75, 3.05) is 0 Å². The first kappa shape index (κ1) is 13.8. The molecule has 2 aromatic rings. The standard InChI is InChI=1S/C14H11F3OS/c1-8-7-11(9(2)19-8)13(18)10-5-3-4-6-12(10)14(15,16)17/h3-7H,1-2H3. The summed E-state index contributed by atoms with van der Waals surface area (Å²) in [6.07, 6.45) is -4.52. The number of carbonyl (C=O) groups is 1. The number of hydrogen-bond donors (Lipinski definition) is 0. The molecule has 1 nitrogen and oxygen atoms in total. The minimum atomic E-state index is -4.52. The molecule has 2 rings (SSSR count). The fourth-order valence-electron chi connectivity index (χ4n) is 1.93. The lowest BCUT2D eigenvalue weighted by atomic mass is 9.98. The summed E-state index contributed by atoms with van der Waals surface area (Å²) < 4.78 is 38.6. The van der Waals surface area contributed by atoms with E-state index in [-0.39, 0.29) is 5.56 Å². The normalized spacial score (nSPS) is 11.6. The van der Waals surface area contributed by atoms with E-state index in [4.69, 9.17) is 0 Å². The first-order chi connectivity index (χ1) is 8.80. The van der Waals surface area contributed by atoms with Crippen LogP contribution < -0.4 is 0 Å². The zero-order valence-electron chi connectivity index (χ0n) is 10.3. The fraction of sp³-hybridized carbons (Fsp3) is 0.214. The Bertz CT molecular complexity index is 626. The van der Waals surface area contributed by atoms with E-state index >= 15 is 0 Å². The molecule has 0 aliphatic heterocycles. The molecule has 0 spiro atoms. The second kappa shape index (κ2) is 4.81. The van der Waals surface area contributed by atoms with Crippen molar-refractivity contribution in [3.8, 4) is 0 Å². The van der Waals surface area contributed by atoms with Crippen molar-refractivity contribution in [3.63, 3.8) is 0 Å². The van der Waals surface area contributed by atoms with Gasteiger partial charge >= 0.3 is 6.18 Å². The number of ketones is 1. The van der Waals surface area contributed by atoms with Gasteiger partial charge in [0.15, 0.2) is 5.78 Å². The summed E-state index contributed by atoms with van der Waals surface area (Å²) in [6.45, 7) is 3.56. The molecule has 0 saturated heterocycles. The first-order valence-electron chi connectivity index (χ1n) is 5.58. The second-order valence-corrected chi connectivity index (χ2v) is 5.66. The zero-order valence-corrected chi connectivity index (χ0v) is 11.2. The van der Waals surface area contributed by atoms with Gasteiger partial charge in [0, 0.05) is 20.9 Å². The molecule has 0 saturated carbocycles. The molecule has 0 atom stereocenters. The van der Waals surface area contributed by atoms with Gasteiger partial charge in [-0.15, -0.1) is 11.3 Å². The maximum Gasteiger partial charge on any atom is 0.417 e. The molecule has 100 valence electrons. The highest BCUT2D eigenvalue weighted by atomic mass is 32.1. The van der Waals surface area contributed by atoms with Gasteiger partial charge in [-0.3, -0.25) is 4.79 Å². The van der Waals surface area contributed by atoms with E-state index < -0.39 is 17.5 Å². The van der Waals surface area contributed by atoms with Gasteiger partial charge in [0.2, 0.25) is 0 Å². The van der Waals surface area contributed by atoms with Crippen molar-refractivity contribution < 1.29 is 18.0 Å². The molecule has 1 aromatic heterocycles. The molecular weight excluding hydrogens is 273 g/mol. The zero-order chi connectivity index (χ0) is 14.2. The molecule has 0 fully saturated rings. The Hall–Kier alpha value is -1.62. The average Bonchev–Trinajstić information content (AvgIpc) is 2.66. The van der Waals surface area contributed by atoms with Crippen molar-refractivity contribution in [2.45, 2.75) is 20.0 Å². The predicted molar refractivity (Wildman–Crippen MR) is 68.7 cm³/mol. The largest absolute Gasteiger partial charge is 0.417 e. The summed E-state index contributed by atoms with van der Waals surface area (Å²) in [6, 6.07) is 6.51. The maximum atomic E-state index is 12.9. The van der Waals surface area contributed by atoms with E-state index in [2.05, 4.69) is 0 Å². The molecule has 0 aliphatic rings. The van der Waals surface area contributed by atoms with Crippen molar-refractivity contribution in [1.82, 2.24) is 0 Å². The van der Waals surface area contributed by atoms with E-state index in [1.54, 1.807) is 13.0 Å². The molecule has 0 unspecified atom stereocenters. The number of alkyl halides is 3. The Morgan fingerprint density at radius 1 is 1.11 bits per heavy atom. The van der Waals surface area contributed by atoms with Crippen molar-refractivity contribution >= 4 is 17.1 Å². The van der Waals surface area contributed by atoms with E-state index in [0.717, 1.165) is 15.8 Å². The van der Waals surface area contributed by atoms with Crippen LogP contribution in [-0.2, 0) is 6.18 Å². The summed E-state index contributed by atoms with van der Waals surface area (Å²) in [4.78, 5) is 13.9. The monoisotopic (exact) mass is 284 g/mol. The summed E-state index contributed by atoms with van der Waals surface area (Å²) >= 11 is 1.40. The molecule has 0 radical (unpaired) electrons. The summed E-state index contributed by atoms with van der Waals surface area (Å²) in [5.41, 5.74) is -0.835. The third kappa shape index (κ3) is 2.71. The number of thiophene rings is 1. The van der Waals surface area contributed by atoms with E-state index in [1.807, 2.05) is 6.92 Å². The second-order valence-electron chi connectivity index (χ2n) is 4.20. The van der Waals surface area contributed by atoms with Gasteiger partial charge in [0.05, 0.1) is 5.56 Å². The Morgan fingerprint density at radius 3 is 2.26 bits per heavy atom. The third-order valence-electron chi connectivity index (χ3n) is 2.76. The lowest BCUT2D eigenvalue weighted by molar-refractivity contribution is -0.137. The van der Waals surface area contributed by atoms with Crippen LogP contribution in [0.25, 0.3) is 0 Å². The van der Waals surface area contributed by atoms with Crippen LogP contribution in [0.4, 0.5) is 13.2 Å². The van der Waals surface area contributed by atoms with Gasteiger partial charge in [-0.25, -0.2) is 0 Å². The Kier molecular flexibility index (Phi) is 3.49. The SMILES string of the molecule is Cc1cc(C(=O)c2ccccc2C(F)(F)F)c(C)s1. The fourth-order valence-corrected chi connectivity index (χ4v) is 2.85. The highest BCUT2D eigenvalue weighted by Gasteiger charge is 2.35. The van der Waals surface area contributed by atoms with Gasteiger partial charge in [-0.1, -0.05) is 18.2 Å². The lowest BCUT2D eigenvalue weighted by Crippen LogP contribution is -2.13. The molecule has 0 N–H and O–H groups in total.